The van der Waals surface area contributed by atoms with E-state index in [1.165, 1.54) is 12.2 Å². The molecule has 3 rings (SSSR count). The molecule has 1 atom stereocenters. The van der Waals surface area contributed by atoms with Crippen molar-refractivity contribution in [3.8, 4) is 5.75 Å². The Morgan fingerprint density at radius 3 is 3.13 bits per heavy atom. The summed E-state index contributed by atoms with van der Waals surface area (Å²) < 4.78 is 1.89. The standard InChI is InChI=1S/C10H11N3OS/c14-7-3-4-9-11-12-10(13(9)6-7)8-2-1-5-15-8/h3-4,6,8,14H,1-2,5H2. The fourth-order valence-corrected chi connectivity index (χ4v) is 3.16. The highest BCUT2D eigenvalue weighted by Gasteiger charge is 2.22. The van der Waals surface area contributed by atoms with Crippen LogP contribution in [-0.4, -0.2) is 25.5 Å². The Morgan fingerprint density at radius 2 is 2.33 bits per heavy atom. The molecule has 0 aromatic carbocycles. The van der Waals surface area contributed by atoms with Crippen LogP contribution >= 0.6 is 11.8 Å². The lowest BCUT2D eigenvalue weighted by atomic mass is 10.2. The molecule has 1 fully saturated rings. The van der Waals surface area contributed by atoms with Gasteiger partial charge in [0.05, 0.1) is 11.4 Å². The van der Waals surface area contributed by atoms with Crippen LogP contribution in [0.15, 0.2) is 18.3 Å². The molecule has 0 saturated carbocycles. The number of rotatable bonds is 1. The van der Waals surface area contributed by atoms with Gasteiger partial charge in [0.2, 0.25) is 0 Å². The summed E-state index contributed by atoms with van der Waals surface area (Å²) in [7, 11) is 0. The van der Waals surface area contributed by atoms with Crippen molar-refractivity contribution < 1.29 is 5.11 Å². The van der Waals surface area contributed by atoms with Gasteiger partial charge < -0.3 is 5.11 Å². The maximum atomic E-state index is 9.43. The van der Waals surface area contributed by atoms with Crippen LogP contribution in [-0.2, 0) is 0 Å². The number of hydrogen-bond acceptors (Lipinski definition) is 4. The average molecular weight is 221 g/mol. The van der Waals surface area contributed by atoms with Crippen molar-refractivity contribution in [1.82, 2.24) is 14.6 Å². The Labute approximate surface area is 91.3 Å². The monoisotopic (exact) mass is 221 g/mol. The van der Waals surface area contributed by atoms with Crippen molar-refractivity contribution in [1.29, 1.82) is 0 Å². The highest BCUT2D eigenvalue weighted by atomic mass is 32.2. The average Bonchev–Trinajstić information content (AvgIpc) is 2.83. The van der Waals surface area contributed by atoms with Crippen molar-refractivity contribution in [2.75, 3.05) is 5.75 Å². The molecule has 3 heterocycles. The molecule has 0 radical (unpaired) electrons. The van der Waals surface area contributed by atoms with Crippen LogP contribution in [0.4, 0.5) is 0 Å². The maximum Gasteiger partial charge on any atom is 0.161 e. The fourth-order valence-electron chi connectivity index (χ4n) is 1.90. The minimum atomic E-state index is 0.256. The van der Waals surface area contributed by atoms with Gasteiger partial charge in [-0.05, 0) is 30.7 Å². The van der Waals surface area contributed by atoms with E-state index < -0.39 is 0 Å². The van der Waals surface area contributed by atoms with Crippen LogP contribution in [0.5, 0.6) is 5.75 Å². The minimum Gasteiger partial charge on any atom is -0.506 e. The Bertz CT molecular complexity index is 490. The van der Waals surface area contributed by atoms with Crippen molar-refractivity contribution in [2.45, 2.75) is 18.1 Å². The van der Waals surface area contributed by atoms with E-state index in [4.69, 9.17) is 0 Å². The molecule has 0 bridgehead atoms. The molecule has 1 unspecified atom stereocenters. The Hall–Kier alpha value is -1.23. The van der Waals surface area contributed by atoms with Crippen LogP contribution in [0.3, 0.4) is 0 Å². The third-order valence-electron chi connectivity index (χ3n) is 2.63. The lowest BCUT2D eigenvalue weighted by molar-refractivity contribution is 0.471. The smallest absolute Gasteiger partial charge is 0.161 e. The number of nitrogens with zero attached hydrogens (tertiary/aromatic N) is 3. The van der Waals surface area contributed by atoms with Gasteiger partial charge >= 0.3 is 0 Å². The van der Waals surface area contributed by atoms with E-state index in [0.29, 0.717) is 5.25 Å². The topological polar surface area (TPSA) is 50.4 Å². The zero-order valence-corrected chi connectivity index (χ0v) is 8.94. The zero-order chi connectivity index (χ0) is 10.3. The summed E-state index contributed by atoms with van der Waals surface area (Å²) in [5.74, 6) is 2.41. The number of aromatic hydroxyl groups is 1. The summed E-state index contributed by atoms with van der Waals surface area (Å²) in [5, 5.41) is 18.2. The summed E-state index contributed by atoms with van der Waals surface area (Å²) in [6.45, 7) is 0. The summed E-state index contributed by atoms with van der Waals surface area (Å²) in [4.78, 5) is 0. The van der Waals surface area contributed by atoms with Gasteiger partial charge in [0.1, 0.15) is 5.75 Å². The zero-order valence-electron chi connectivity index (χ0n) is 8.13. The number of pyridine rings is 1. The molecule has 78 valence electrons. The number of hydrogen-bond donors (Lipinski definition) is 1. The first-order valence-electron chi connectivity index (χ1n) is 5.00. The van der Waals surface area contributed by atoms with Gasteiger partial charge in [-0.25, -0.2) is 0 Å². The SMILES string of the molecule is Oc1ccc2nnc(C3CCCS3)n2c1. The lowest BCUT2D eigenvalue weighted by Crippen LogP contribution is -1.97. The van der Waals surface area contributed by atoms with Crippen LogP contribution in [0.25, 0.3) is 5.65 Å². The van der Waals surface area contributed by atoms with Gasteiger partial charge in [0.15, 0.2) is 11.5 Å². The van der Waals surface area contributed by atoms with E-state index in [1.807, 2.05) is 16.2 Å². The third kappa shape index (κ3) is 1.47. The number of fused-ring (bicyclic) bond motifs is 1. The van der Waals surface area contributed by atoms with E-state index in [-0.39, 0.29) is 5.75 Å². The van der Waals surface area contributed by atoms with Crippen molar-refractivity contribution >= 4 is 17.4 Å². The molecular weight excluding hydrogens is 210 g/mol. The van der Waals surface area contributed by atoms with Crippen molar-refractivity contribution in [3.63, 3.8) is 0 Å². The highest BCUT2D eigenvalue weighted by molar-refractivity contribution is 7.99. The molecular formula is C10H11N3OS. The molecule has 15 heavy (non-hydrogen) atoms. The van der Waals surface area contributed by atoms with E-state index in [9.17, 15) is 5.11 Å². The largest absolute Gasteiger partial charge is 0.506 e. The molecule has 1 aliphatic heterocycles. The quantitative estimate of drug-likeness (QED) is 0.800. The van der Waals surface area contributed by atoms with Crippen molar-refractivity contribution in [2.24, 2.45) is 0 Å². The fraction of sp³-hybridized carbons (Fsp3) is 0.400. The van der Waals surface area contributed by atoms with E-state index >= 15 is 0 Å². The summed E-state index contributed by atoms with van der Waals surface area (Å²) in [6, 6.07) is 3.42. The predicted octanol–water partition coefficient (Wildman–Crippen LogP) is 2.00. The molecule has 0 amide bonds. The van der Waals surface area contributed by atoms with E-state index in [2.05, 4.69) is 10.2 Å². The Kier molecular flexibility index (Phi) is 2.05. The van der Waals surface area contributed by atoms with E-state index in [1.54, 1.807) is 18.3 Å². The molecule has 2 aromatic rings. The lowest BCUT2D eigenvalue weighted by Gasteiger charge is -2.05. The number of thioether (sulfide) groups is 1. The molecule has 4 nitrogen and oxygen atoms in total. The van der Waals surface area contributed by atoms with Crippen LogP contribution < -0.4 is 0 Å². The van der Waals surface area contributed by atoms with E-state index in [0.717, 1.165) is 17.9 Å². The Balaban J connectivity index is 2.13. The molecule has 1 saturated heterocycles. The predicted molar refractivity (Wildman–Crippen MR) is 59.1 cm³/mol. The summed E-state index contributed by atoms with van der Waals surface area (Å²) in [6.07, 6.45) is 4.08. The van der Waals surface area contributed by atoms with Crippen LogP contribution in [0, 0.1) is 0 Å². The molecule has 1 aliphatic rings. The first-order valence-corrected chi connectivity index (χ1v) is 6.05. The van der Waals surface area contributed by atoms with Gasteiger partial charge in [0, 0.05) is 0 Å². The maximum absolute atomic E-state index is 9.43. The van der Waals surface area contributed by atoms with Crippen LogP contribution in [0.1, 0.15) is 23.9 Å². The normalized spacial score (nSPS) is 21.2. The van der Waals surface area contributed by atoms with Gasteiger partial charge in [0.25, 0.3) is 0 Å². The molecule has 0 spiro atoms. The van der Waals surface area contributed by atoms with Gasteiger partial charge in [-0.15, -0.1) is 10.2 Å². The molecule has 1 N–H and O–H groups in total. The van der Waals surface area contributed by atoms with Crippen LogP contribution in [0.2, 0.25) is 0 Å². The van der Waals surface area contributed by atoms with Gasteiger partial charge in [-0.2, -0.15) is 11.8 Å². The second-order valence-corrected chi connectivity index (χ2v) is 4.99. The minimum absolute atomic E-state index is 0.256. The molecule has 5 heteroatoms. The molecule has 2 aromatic heterocycles. The highest BCUT2D eigenvalue weighted by Crippen LogP contribution is 2.39. The van der Waals surface area contributed by atoms with Gasteiger partial charge in [-0.3, -0.25) is 4.40 Å². The first-order chi connectivity index (χ1) is 7.34. The third-order valence-corrected chi connectivity index (χ3v) is 4.00. The second-order valence-electron chi connectivity index (χ2n) is 3.68. The molecule has 0 aliphatic carbocycles. The number of aromatic nitrogens is 3. The summed E-state index contributed by atoms with van der Waals surface area (Å²) >= 11 is 1.92. The van der Waals surface area contributed by atoms with Crippen molar-refractivity contribution in [3.05, 3.63) is 24.2 Å². The first kappa shape index (κ1) is 9.03. The Morgan fingerprint density at radius 1 is 1.40 bits per heavy atom. The van der Waals surface area contributed by atoms with Gasteiger partial charge in [-0.1, -0.05) is 0 Å². The second kappa shape index (κ2) is 3.41. The summed E-state index contributed by atoms with van der Waals surface area (Å²) in [5.41, 5.74) is 0.801.